The molecular formula is C21H27ClN4O5S2. The Kier molecular flexibility index (Phi) is 8.14. The van der Waals surface area contributed by atoms with Crippen LogP contribution in [0.15, 0.2) is 58.3 Å². The average Bonchev–Trinajstić information content (AvgIpc) is 2.78. The summed E-state index contributed by atoms with van der Waals surface area (Å²) in [5.74, 6) is -0.538. The summed E-state index contributed by atoms with van der Waals surface area (Å²) in [5.41, 5.74) is 0.372. The van der Waals surface area contributed by atoms with E-state index >= 15 is 0 Å². The summed E-state index contributed by atoms with van der Waals surface area (Å²) in [6, 6.07) is 11.6. The smallest absolute Gasteiger partial charge is 0.243 e. The summed E-state index contributed by atoms with van der Waals surface area (Å²) in [4.78, 5) is 14.8. The molecule has 0 bridgehead atoms. The lowest BCUT2D eigenvalue weighted by atomic mass is 10.3. The van der Waals surface area contributed by atoms with Gasteiger partial charge in [-0.3, -0.25) is 4.79 Å². The number of nitrogens with one attached hydrogen (secondary N) is 1. The molecule has 1 saturated heterocycles. The van der Waals surface area contributed by atoms with E-state index < -0.39 is 26.0 Å². The van der Waals surface area contributed by atoms with Crippen LogP contribution in [0.4, 0.5) is 5.69 Å². The quantitative estimate of drug-likeness (QED) is 0.576. The molecule has 0 aromatic heterocycles. The Balaban J connectivity index is 1.66. The van der Waals surface area contributed by atoms with E-state index in [9.17, 15) is 21.6 Å². The third-order valence-corrected chi connectivity index (χ3v) is 9.46. The zero-order valence-corrected chi connectivity index (χ0v) is 20.8. The molecule has 0 spiro atoms. The topological polar surface area (TPSA) is 107 Å². The van der Waals surface area contributed by atoms with Gasteiger partial charge in [-0.05, 0) is 55.6 Å². The van der Waals surface area contributed by atoms with E-state index in [-0.39, 0.29) is 22.9 Å². The van der Waals surface area contributed by atoms with Crippen molar-refractivity contribution in [2.24, 2.45) is 0 Å². The number of carbonyl (C=O) groups is 1. The summed E-state index contributed by atoms with van der Waals surface area (Å²) in [6.07, 6.45) is 0. The molecule has 0 aliphatic carbocycles. The highest BCUT2D eigenvalue weighted by molar-refractivity contribution is 7.89. The number of anilines is 1. The van der Waals surface area contributed by atoms with Gasteiger partial charge in [0.1, 0.15) is 0 Å². The molecule has 1 aliphatic rings. The minimum Gasteiger partial charge on any atom is -0.325 e. The predicted molar refractivity (Wildman–Crippen MR) is 127 cm³/mol. The van der Waals surface area contributed by atoms with Crippen molar-refractivity contribution in [1.29, 1.82) is 0 Å². The standard InChI is InChI=1S/C21H27ClN4O5S2/c1-3-25(32(28,29)19-8-4-17(22)5-9-19)16-21(27)23-18-6-10-20(11-7-18)33(30,31)26-14-12-24(2)13-15-26/h4-11H,3,12-16H2,1-2H3,(H,23,27). The van der Waals surface area contributed by atoms with Crippen LogP contribution in [0.1, 0.15) is 6.92 Å². The molecule has 0 saturated carbocycles. The molecule has 2 aromatic carbocycles. The van der Waals surface area contributed by atoms with Gasteiger partial charge in [0.15, 0.2) is 0 Å². The van der Waals surface area contributed by atoms with E-state index in [0.717, 1.165) is 4.31 Å². The molecule has 1 fully saturated rings. The highest BCUT2D eigenvalue weighted by Gasteiger charge is 2.28. The Labute approximate surface area is 200 Å². The number of carbonyl (C=O) groups excluding carboxylic acids is 1. The van der Waals surface area contributed by atoms with E-state index in [1.807, 2.05) is 7.05 Å². The van der Waals surface area contributed by atoms with Crippen LogP contribution in [0.25, 0.3) is 0 Å². The minimum absolute atomic E-state index is 0.0417. The Bertz CT molecular complexity index is 1180. The van der Waals surface area contributed by atoms with Crippen LogP contribution in [-0.4, -0.2) is 82.6 Å². The number of rotatable bonds is 8. The number of halogens is 1. The van der Waals surface area contributed by atoms with Crippen molar-refractivity contribution in [1.82, 2.24) is 13.5 Å². The van der Waals surface area contributed by atoms with Crippen LogP contribution < -0.4 is 5.32 Å². The molecule has 1 N–H and O–H groups in total. The summed E-state index contributed by atoms with van der Waals surface area (Å²) in [7, 11) is -5.54. The van der Waals surface area contributed by atoms with Gasteiger partial charge in [0.2, 0.25) is 26.0 Å². The Morgan fingerprint density at radius 3 is 2.03 bits per heavy atom. The van der Waals surface area contributed by atoms with Crippen LogP contribution in [-0.2, 0) is 24.8 Å². The molecule has 1 amide bonds. The number of hydrogen-bond acceptors (Lipinski definition) is 6. The van der Waals surface area contributed by atoms with Crippen LogP contribution >= 0.6 is 11.6 Å². The monoisotopic (exact) mass is 514 g/mol. The largest absolute Gasteiger partial charge is 0.325 e. The first kappa shape index (κ1) is 25.6. The lowest BCUT2D eigenvalue weighted by molar-refractivity contribution is -0.116. The maximum Gasteiger partial charge on any atom is 0.243 e. The van der Waals surface area contributed by atoms with Gasteiger partial charge in [0, 0.05) is 43.4 Å². The van der Waals surface area contributed by atoms with Crippen molar-refractivity contribution in [3.63, 3.8) is 0 Å². The Morgan fingerprint density at radius 2 is 1.48 bits per heavy atom. The lowest BCUT2D eigenvalue weighted by Gasteiger charge is -2.31. The second-order valence-corrected chi connectivity index (χ2v) is 12.0. The second kappa shape index (κ2) is 10.5. The van der Waals surface area contributed by atoms with Crippen molar-refractivity contribution in [2.45, 2.75) is 16.7 Å². The predicted octanol–water partition coefficient (Wildman–Crippen LogP) is 1.93. The number of benzene rings is 2. The Morgan fingerprint density at radius 1 is 0.939 bits per heavy atom. The van der Waals surface area contributed by atoms with Gasteiger partial charge >= 0.3 is 0 Å². The van der Waals surface area contributed by atoms with E-state index in [2.05, 4.69) is 10.2 Å². The zero-order chi connectivity index (χ0) is 24.2. The zero-order valence-electron chi connectivity index (χ0n) is 18.4. The van der Waals surface area contributed by atoms with Crippen LogP contribution in [0.5, 0.6) is 0 Å². The normalized spacial score (nSPS) is 16.1. The van der Waals surface area contributed by atoms with Crippen molar-refractivity contribution in [3.05, 3.63) is 53.6 Å². The second-order valence-electron chi connectivity index (χ2n) is 7.67. The third kappa shape index (κ3) is 6.11. The maximum atomic E-state index is 12.8. The number of piperazine rings is 1. The first-order valence-electron chi connectivity index (χ1n) is 10.4. The van der Waals surface area contributed by atoms with Crippen LogP contribution in [0.3, 0.4) is 0 Å². The molecule has 1 heterocycles. The fourth-order valence-corrected chi connectivity index (χ4v) is 6.32. The molecule has 180 valence electrons. The Hall–Kier alpha value is -2.02. The number of likely N-dealkylation sites (N-methyl/N-ethyl adjacent to an activating group) is 2. The summed E-state index contributed by atoms with van der Waals surface area (Å²) in [6.45, 7) is 3.53. The molecule has 2 aromatic rings. The van der Waals surface area contributed by atoms with Crippen molar-refractivity contribution in [3.8, 4) is 0 Å². The molecule has 1 aliphatic heterocycles. The van der Waals surface area contributed by atoms with Gasteiger partial charge in [-0.1, -0.05) is 18.5 Å². The molecule has 0 atom stereocenters. The van der Waals surface area contributed by atoms with Crippen LogP contribution in [0.2, 0.25) is 5.02 Å². The first-order valence-corrected chi connectivity index (χ1v) is 13.6. The summed E-state index contributed by atoms with van der Waals surface area (Å²) < 4.78 is 53.8. The fourth-order valence-electron chi connectivity index (χ4n) is 3.37. The summed E-state index contributed by atoms with van der Waals surface area (Å²) >= 11 is 5.82. The van der Waals surface area contributed by atoms with Gasteiger partial charge in [-0.15, -0.1) is 0 Å². The first-order chi connectivity index (χ1) is 15.5. The molecule has 33 heavy (non-hydrogen) atoms. The molecule has 0 unspecified atom stereocenters. The molecule has 3 rings (SSSR count). The van der Waals surface area contributed by atoms with Crippen molar-refractivity contribution in [2.75, 3.05) is 51.6 Å². The van der Waals surface area contributed by atoms with Gasteiger partial charge in [-0.2, -0.15) is 8.61 Å². The van der Waals surface area contributed by atoms with Gasteiger partial charge in [0.05, 0.1) is 16.3 Å². The SMILES string of the molecule is CCN(CC(=O)Nc1ccc(S(=O)(=O)N2CCN(C)CC2)cc1)S(=O)(=O)c1ccc(Cl)cc1. The molecule has 9 nitrogen and oxygen atoms in total. The van der Waals surface area contributed by atoms with Gasteiger partial charge in [0.25, 0.3) is 0 Å². The van der Waals surface area contributed by atoms with Crippen LogP contribution in [0, 0.1) is 0 Å². The highest BCUT2D eigenvalue weighted by atomic mass is 35.5. The number of hydrogen-bond donors (Lipinski definition) is 1. The summed E-state index contributed by atoms with van der Waals surface area (Å²) in [5, 5.41) is 3.03. The van der Waals surface area contributed by atoms with Gasteiger partial charge < -0.3 is 10.2 Å². The van der Waals surface area contributed by atoms with E-state index in [0.29, 0.717) is 36.9 Å². The number of nitrogens with zero attached hydrogens (tertiary/aromatic N) is 3. The highest BCUT2D eigenvalue weighted by Crippen LogP contribution is 2.21. The molecule has 0 radical (unpaired) electrons. The molecule has 12 heteroatoms. The third-order valence-electron chi connectivity index (χ3n) is 5.36. The van der Waals surface area contributed by atoms with Gasteiger partial charge in [-0.25, -0.2) is 16.8 Å². The number of amides is 1. The fraction of sp³-hybridized carbons (Fsp3) is 0.381. The average molecular weight is 515 g/mol. The van der Waals surface area contributed by atoms with Crippen molar-refractivity contribution < 1.29 is 21.6 Å². The van der Waals surface area contributed by atoms with E-state index in [4.69, 9.17) is 11.6 Å². The van der Waals surface area contributed by atoms with E-state index in [1.54, 1.807) is 6.92 Å². The maximum absolute atomic E-state index is 12.8. The lowest BCUT2D eigenvalue weighted by Crippen LogP contribution is -2.46. The van der Waals surface area contributed by atoms with E-state index in [1.165, 1.54) is 52.8 Å². The number of sulfonamides is 2. The van der Waals surface area contributed by atoms with Crippen molar-refractivity contribution >= 4 is 43.2 Å². The minimum atomic E-state index is -3.87. The molecular weight excluding hydrogens is 488 g/mol.